The summed E-state index contributed by atoms with van der Waals surface area (Å²) < 4.78 is 0. The van der Waals surface area contributed by atoms with Crippen molar-refractivity contribution in [3.63, 3.8) is 0 Å². The molecular formula is C20H33N7O6S2. The normalized spacial score (nSPS) is 15.3. The molecule has 196 valence electrons. The summed E-state index contributed by atoms with van der Waals surface area (Å²) >= 11 is 7.88. The van der Waals surface area contributed by atoms with Gasteiger partial charge >= 0.3 is 5.97 Å². The zero-order chi connectivity index (χ0) is 26.7. The molecule has 0 fully saturated rings. The molecule has 5 unspecified atom stereocenters. The van der Waals surface area contributed by atoms with Crippen LogP contribution in [-0.4, -0.2) is 86.4 Å². The van der Waals surface area contributed by atoms with E-state index in [0.717, 1.165) is 0 Å². The van der Waals surface area contributed by atoms with E-state index < -0.39 is 59.8 Å². The number of carbonyl (C=O) groups is 5. The van der Waals surface area contributed by atoms with Crippen LogP contribution in [0.25, 0.3) is 0 Å². The van der Waals surface area contributed by atoms with Crippen LogP contribution in [0, 0.1) is 5.92 Å². The Morgan fingerprint density at radius 1 is 0.943 bits per heavy atom. The SMILES string of the molecule is CC(NC(=O)C(Cc1cnc[nH]1)NC(=O)C(N)CS)C(=O)NC(C(=O)NC(CS)C(=O)O)C(C)C. The summed E-state index contributed by atoms with van der Waals surface area (Å²) in [6, 6.07) is -5.38. The third kappa shape index (κ3) is 9.78. The van der Waals surface area contributed by atoms with Gasteiger partial charge < -0.3 is 37.1 Å². The van der Waals surface area contributed by atoms with Crippen molar-refractivity contribution in [3.8, 4) is 0 Å². The van der Waals surface area contributed by atoms with E-state index in [1.165, 1.54) is 19.4 Å². The number of hydrogen-bond acceptors (Lipinski definition) is 9. The van der Waals surface area contributed by atoms with Crippen molar-refractivity contribution in [1.82, 2.24) is 31.2 Å². The number of hydrogen-bond donors (Lipinski definition) is 9. The van der Waals surface area contributed by atoms with E-state index in [4.69, 9.17) is 10.8 Å². The molecule has 15 heteroatoms. The zero-order valence-electron chi connectivity index (χ0n) is 19.6. The first-order chi connectivity index (χ1) is 16.4. The summed E-state index contributed by atoms with van der Waals surface area (Å²) in [7, 11) is 0. The maximum absolute atomic E-state index is 12.9. The Bertz CT molecular complexity index is 883. The highest BCUT2D eigenvalue weighted by molar-refractivity contribution is 7.80. The topological polar surface area (TPSA) is 208 Å². The number of nitrogens with one attached hydrogen (secondary N) is 5. The van der Waals surface area contributed by atoms with Crippen molar-refractivity contribution < 1.29 is 29.1 Å². The van der Waals surface area contributed by atoms with Crippen molar-refractivity contribution in [3.05, 3.63) is 18.2 Å². The largest absolute Gasteiger partial charge is 0.480 e. The lowest BCUT2D eigenvalue weighted by atomic mass is 10.0. The van der Waals surface area contributed by atoms with Gasteiger partial charge in [-0.1, -0.05) is 13.8 Å². The Hall–Kier alpha value is -2.78. The first-order valence-electron chi connectivity index (χ1n) is 10.8. The van der Waals surface area contributed by atoms with Gasteiger partial charge in [-0.05, 0) is 12.8 Å². The molecule has 1 aromatic rings. The number of amides is 4. The number of aliphatic carboxylic acids is 1. The fraction of sp³-hybridized carbons (Fsp3) is 0.600. The van der Waals surface area contributed by atoms with Crippen LogP contribution in [0.2, 0.25) is 0 Å². The highest BCUT2D eigenvalue weighted by Gasteiger charge is 2.31. The third-order valence-electron chi connectivity index (χ3n) is 4.94. The first kappa shape index (κ1) is 30.3. The van der Waals surface area contributed by atoms with Crippen molar-refractivity contribution in [2.24, 2.45) is 11.7 Å². The Morgan fingerprint density at radius 3 is 2.06 bits per heavy atom. The quantitative estimate of drug-likeness (QED) is 0.120. The molecule has 5 atom stereocenters. The van der Waals surface area contributed by atoms with Crippen LogP contribution in [-0.2, 0) is 30.4 Å². The minimum atomic E-state index is -1.26. The molecule has 0 aromatic carbocycles. The number of aromatic amines is 1. The van der Waals surface area contributed by atoms with Gasteiger partial charge in [0.25, 0.3) is 0 Å². The highest BCUT2D eigenvalue weighted by atomic mass is 32.1. The number of nitrogens with two attached hydrogens (primary N) is 1. The van der Waals surface area contributed by atoms with Gasteiger partial charge in [-0.15, -0.1) is 0 Å². The lowest BCUT2D eigenvalue weighted by Crippen LogP contribution is -2.59. The number of H-pyrrole nitrogens is 1. The van der Waals surface area contributed by atoms with Crippen molar-refractivity contribution >= 4 is 54.9 Å². The Balaban J connectivity index is 2.88. The molecule has 0 aliphatic carbocycles. The molecule has 0 saturated carbocycles. The molecule has 13 nitrogen and oxygen atoms in total. The Labute approximate surface area is 214 Å². The Morgan fingerprint density at radius 2 is 1.57 bits per heavy atom. The van der Waals surface area contributed by atoms with Gasteiger partial charge in [-0.3, -0.25) is 19.2 Å². The predicted octanol–water partition coefficient (Wildman–Crippen LogP) is -2.16. The molecular weight excluding hydrogens is 498 g/mol. The lowest BCUT2D eigenvalue weighted by Gasteiger charge is -2.26. The van der Waals surface area contributed by atoms with Crippen LogP contribution in [0.5, 0.6) is 0 Å². The molecule has 0 aliphatic heterocycles. The average Bonchev–Trinajstić information content (AvgIpc) is 3.31. The van der Waals surface area contributed by atoms with E-state index in [1.807, 2.05) is 0 Å². The summed E-state index contributed by atoms with van der Waals surface area (Å²) in [4.78, 5) is 68.3. The molecule has 4 amide bonds. The maximum atomic E-state index is 12.9. The molecule has 35 heavy (non-hydrogen) atoms. The van der Waals surface area contributed by atoms with Gasteiger partial charge in [0.15, 0.2) is 0 Å². The van der Waals surface area contributed by atoms with Gasteiger partial charge in [-0.25, -0.2) is 9.78 Å². The van der Waals surface area contributed by atoms with Gasteiger partial charge in [-0.2, -0.15) is 25.3 Å². The van der Waals surface area contributed by atoms with Gasteiger partial charge in [0.1, 0.15) is 24.2 Å². The summed E-state index contributed by atoms with van der Waals surface area (Å²) in [5.74, 6) is -4.33. The second-order valence-corrected chi connectivity index (χ2v) is 8.90. The number of carbonyl (C=O) groups excluding carboxylic acids is 4. The standard InChI is InChI=1S/C20H33N7O6S2/c1-9(2)15(19(31)26-14(7-35)20(32)33)27-16(28)10(3)24-18(30)13(4-11-5-22-8-23-11)25-17(29)12(21)6-34/h5,8-10,12-15,34-35H,4,6-7,21H2,1-3H3,(H,22,23)(H,24,30)(H,25,29)(H,26,31)(H,27,28)(H,32,33). The fourth-order valence-corrected chi connectivity index (χ4v) is 3.24. The fourth-order valence-electron chi connectivity index (χ4n) is 2.83. The third-order valence-corrected chi connectivity index (χ3v) is 5.70. The second-order valence-electron chi connectivity index (χ2n) is 8.17. The zero-order valence-corrected chi connectivity index (χ0v) is 21.4. The van der Waals surface area contributed by atoms with E-state index in [-0.39, 0.29) is 23.8 Å². The number of carboxylic acids is 1. The number of thiol groups is 2. The molecule has 0 aliphatic rings. The van der Waals surface area contributed by atoms with E-state index >= 15 is 0 Å². The van der Waals surface area contributed by atoms with E-state index in [9.17, 15) is 24.0 Å². The lowest BCUT2D eigenvalue weighted by molar-refractivity contribution is -0.142. The van der Waals surface area contributed by atoms with Crippen molar-refractivity contribution in [1.29, 1.82) is 0 Å². The van der Waals surface area contributed by atoms with E-state index in [1.54, 1.807) is 13.8 Å². The Kier molecular flexibility index (Phi) is 12.6. The number of aromatic nitrogens is 2. The van der Waals surface area contributed by atoms with E-state index in [0.29, 0.717) is 5.69 Å². The van der Waals surface area contributed by atoms with Crippen molar-refractivity contribution in [2.45, 2.75) is 57.4 Å². The minimum absolute atomic E-state index is 0.0581. The van der Waals surface area contributed by atoms with E-state index in [2.05, 4.69) is 56.5 Å². The minimum Gasteiger partial charge on any atom is -0.480 e. The van der Waals surface area contributed by atoms with Crippen LogP contribution in [0.4, 0.5) is 0 Å². The summed E-state index contributed by atoms with van der Waals surface area (Å²) in [5.41, 5.74) is 6.24. The monoisotopic (exact) mass is 531 g/mol. The smallest absolute Gasteiger partial charge is 0.327 e. The van der Waals surface area contributed by atoms with Gasteiger partial charge in [0, 0.05) is 29.8 Å². The molecule has 1 heterocycles. The predicted molar refractivity (Wildman–Crippen MR) is 134 cm³/mol. The molecule has 1 aromatic heterocycles. The van der Waals surface area contributed by atoms with Crippen LogP contribution in [0.3, 0.4) is 0 Å². The van der Waals surface area contributed by atoms with Crippen LogP contribution >= 0.6 is 25.3 Å². The highest BCUT2D eigenvalue weighted by Crippen LogP contribution is 2.05. The molecule has 0 radical (unpaired) electrons. The summed E-state index contributed by atoms with van der Waals surface area (Å²) in [5, 5.41) is 19.0. The van der Waals surface area contributed by atoms with Gasteiger partial charge in [0.2, 0.25) is 23.6 Å². The molecule has 0 bridgehead atoms. The van der Waals surface area contributed by atoms with Crippen LogP contribution < -0.4 is 27.0 Å². The first-order valence-corrected chi connectivity index (χ1v) is 12.1. The molecule has 0 saturated heterocycles. The molecule has 8 N–H and O–H groups in total. The van der Waals surface area contributed by atoms with Crippen LogP contribution in [0.1, 0.15) is 26.5 Å². The number of carboxylic acid groups (broad SMARTS) is 1. The number of rotatable bonds is 14. The molecule has 1 rings (SSSR count). The van der Waals surface area contributed by atoms with Crippen LogP contribution in [0.15, 0.2) is 12.5 Å². The van der Waals surface area contributed by atoms with Gasteiger partial charge in [0.05, 0.1) is 12.4 Å². The average molecular weight is 532 g/mol. The maximum Gasteiger partial charge on any atom is 0.327 e. The summed E-state index contributed by atoms with van der Waals surface area (Å²) in [6.45, 7) is 4.75. The summed E-state index contributed by atoms with van der Waals surface area (Å²) in [6.07, 6.45) is 2.96. The second kappa shape index (κ2) is 14.6. The number of nitrogens with zero attached hydrogens (tertiary/aromatic N) is 1. The number of imidazole rings is 1. The van der Waals surface area contributed by atoms with Crippen molar-refractivity contribution in [2.75, 3.05) is 11.5 Å². The molecule has 0 spiro atoms.